The fraction of sp³-hybridized carbons (Fsp3) is 0.421. The summed E-state index contributed by atoms with van der Waals surface area (Å²) in [6.45, 7) is 5.48. The molecule has 0 radical (unpaired) electrons. The first-order valence-electron chi connectivity index (χ1n) is 8.45. The Kier molecular flexibility index (Phi) is 3.69. The molecule has 3 heterocycles. The van der Waals surface area contributed by atoms with E-state index in [0.29, 0.717) is 0 Å². The first-order chi connectivity index (χ1) is 11.2. The monoisotopic (exact) mass is 309 g/mol. The van der Waals surface area contributed by atoms with Crippen molar-refractivity contribution < 1.29 is 4.79 Å². The van der Waals surface area contributed by atoms with Crippen molar-refractivity contribution in [1.82, 2.24) is 14.8 Å². The summed E-state index contributed by atoms with van der Waals surface area (Å²) in [5.41, 5.74) is 3.46. The zero-order valence-electron chi connectivity index (χ0n) is 13.5. The largest absolute Gasteiger partial charge is 0.333 e. The van der Waals surface area contributed by atoms with Gasteiger partial charge in [-0.2, -0.15) is 0 Å². The van der Waals surface area contributed by atoms with E-state index >= 15 is 0 Å². The Balaban J connectivity index is 1.44. The van der Waals surface area contributed by atoms with Crippen LogP contribution in [0.2, 0.25) is 0 Å². The van der Waals surface area contributed by atoms with E-state index in [1.54, 1.807) is 4.57 Å². The van der Waals surface area contributed by atoms with Gasteiger partial charge in [0.1, 0.15) is 0 Å². The summed E-state index contributed by atoms with van der Waals surface area (Å²) in [6, 6.07) is 10.7. The fourth-order valence-electron chi connectivity index (χ4n) is 3.85. The van der Waals surface area contributed by atoms with Crippen LogP contribution in [-0.2, 0) is 0 Å². The van der Waals surface area contributed by atoms with E-state index in [1.165, 1.54) is 25.1 Å². The summed E-state index contributed by atoms with van der Waals surface area (Å²) in [4.78, 5) is 14.9. The highest BCUT2D eigenvalue weighted by molar-refractivity contribution is 5.79. The molecule has 4 heteroatoms. The molecule has 1 amide bonds. The maximum atomic E-state index is 12.5. The standard InChI is InChI=1S/C19H23N3O/c1-14-2-4-16(5-3-14)17-7-9-22(12-17)19(23)20-18-10-15-6-8-21(11-15)13-18/h2-5,7,9,12,15,18H,6,8,10-11,13H2,1H3,(H,20,23)/t15-,18-/m1/s1. The quantitative estimate of drug-likeness (QED) is 0.925. The number of nitrogens with zero attached hydrogens (tertiary/aromatic N) is 2. The van der Waals surface area contributed by atoms with E-state index in [4.69, 9.17) is 0 Å². The molecular weight excluding hydrogens is 286 g/mol. The Bertz CT molecular complexity index is 692. The Morgan fingerprint density at radius 1 is 1.13 bits per heavy atom. The summed E-state index contributed by atoms with van der Waals surface area (Å²) < 4.78 is 1.67. The molecular formula is C19H23N3O. The molecule has 4 nitrogen and oxygen atoms in total. The van der Waals surface area contributed by atoms with Gasteiger partial charge >= 0.3 is 6.03 Å². The number of hydrogen-bond acceptors (Lipinski definition) is 2. The van der Waals surface area contributed by atoms with Crippen molar-refractivity contribution in [2.45, 2.75) is 25.8 Å². The second-order valence-corrected chi connectivity index (χ2v) is 6.97. The van der Waals surface area contributed by atoms with Crippen molar-refractivity contribution in [2.75, 3.05) is 19.6 Å². The van der Waals surface area contributed by atoms with Gasteiger partial charge in [-0.25, -0.2) is 4.79 Å². The van der Waals surface area contributed by atoms with Gasteiger partial charge in [0.05, 0.1) is 0 Å². The van der Waals surface area contributed by atoms with Crippen LogP contribution in [0.15, 0.2) is 42.7 Å². The van der Waals surface area contributed by atoms with Crippen LogP contribution >= 0.6 is 0 Å². The third kappa shape index (κ3) is 3.04. The molecule has 0 saturated carbocycles. The lowest BCUT2D eigenvalue weighted by atomic mass is 9.97. The molecule has 3 atom stereocenters. The number of nitrogens with one attached hydrogen (secondary N) is 1. The van der Waals surface area contributed by atoms with E-state index in [-0.39, 0.29) is 12.1 Å². The number of aromatic nitrogens is 1. The number of amides is 1. The Hall–Kier alpha value is -2.07. The normalized spacial score (nSPS) is 26.2. The van der Waals surface area contributed by atoms with E-state index in [9.17, 15) is 4.79 Å². The fourth-order valence-corrected chi connectivity index (χ4v) is 3.85. The molecule has 2 fully saturated rings. The summed E-state index contributed by atoms with van der Waals surface area (Å²) in [5, 5.41) is 3.19. The SMILES string of the molecule is Cc1ccc(-c2ccn(C(=O)N[C@@H]3C[C@H]4CCN(C4)C3)c2)cc1. The maximum absolute atomic E-state index is 12.5. The van der Waals surface area contributed by atoms with Gasteiger partial charge < -0.3 is 10.2 Å². The van der Waals surface area contributed by atoms with Crippen LogP contribution in [0, 0.1) is 12.8 Å². The topological polar surface area (TPSA) is 37.3 Å². The molecule has 0 aliphatic carbocycles. The van der Waals surface area contributed by atoms with Crippen molar-refractivity contribution in [1.29, 1.82) is 0 Å². The Morgan fingerprint density at radius 2 is 1.96 bits per heavy atom. The van der Waals surface area contributed by atoms with E-state index in [1.807, 2.05) is 18.5 Å². The minimum atomic E-state index is -0.0177. The Labute approximate surface area is 137 Å². The van der Waals surface area contributed by atoms with Crippen molar-refractivity contribution >= 4 is 6.03 Å². The van der Waals surface area contributed by atoms with Gasteiger partial charge in [0.2, 0.25) is 0 Å². The molecule has 120 valence electrons. The predicted octanol–water partition coefficient (Wildman–Crippen LogP) is 3.12. The van der Waals surface area contributed by atoms with Crippen molar-refractivity contribution in [2.24, 2.45) is 5.92 Å². The summed E-state index contributed by atoms with van der Waals surface area (Å²) in [7, 11) is 0. The number of benzene rings is 1. The van der Waals surface area contributed by atoms with E-state index in [2.05, 4.69) is 41.4 Å². The molecule has 2 aliphatic rings. The molecule has 23 heavy (non-hydrogen) atoms. The van der Waals surface area contributed by atoms with Crippen LogP contribution in [0.1, 0.15) is 18.4 Å². The highest BCUT2D eigenvalue weighted by Crippen LogP contribution is 2.27. The van der Waals surface area contributed by atoms with Gasteiger partial charge in [0, 0.05) is 31.5 Å². The lowest BCUT2D eigenvalue weighted by Crippen LogP contribution is -2.47. The molecule has 2 aromatic rings. The van der Waals surface area contributed by atoms with Gasteiger partial charge in [-0.05, 0) is 49.4 Å². The molecule has 0 spiro atoms. The summed E-state index contributed by atoms with van der Waals surface area (Å²) in [6.07, 6.45) is 6.17. The number of carbonyl (C=O) groups excluding carboxylic acids is 1. The maximum Gasteiger partial charge on any atom is 0.325 e. The first kappa shape index (κ1) is 14.5. The minimum Gasteiger partial charge on any atom is -0.333 e. The minimum absolute atomic E-state index is 0.0177. The van der Waals surface area contributed by atoms with Crippen molar-refractivity contribution in [3.05, 3.63) is 48.3 Å². The van der Waals surface area contributed by atoms with Gasteiger partial charge in [-0.1, -0.05) is 29.8 Å². The number of hydrogen-bond donors (Lipinski definition) is 1. The third-order valence-corrected chi connectivity index (χ3v) is 5.11. The van der Waals surface area contributed by atoms with E-state index in [0.717, 1.165) is 30.0 Å². The predicted molar refractivity (Wildman–Crippen MR) is 91.5 cm³/mol. The Morgan fingerprint density at radius 3 is 2.74 bits per heavy atom. The van der Waals surface area contributed by atoms with Crippen LogP contribution in [0.4, 0.5) is 4.79 Å². The van der Waals surface area contributed by atoms with Crippen LogP contribution < -0.4 is 5.32 Å². The molecule has 2 saturated heterocycles. The zero-order valence-corrected chi connectivity index (χ0v) is 13.5. The molecule has 1 aromatic carbocycles. The summed E-state index contributed by atoms with van der Waals surface area (Å²) in [5.74, 6) is 0.766. The molecule has 1 aromatic heterocycles. The van der Waals surface area contributed by atoms with Crippen LogP contribution in [0.25, 0.3) is 11.1 Å². The summed E-state index contributed by atoms with van der Waals surface area (Å²) >= 11 is 0. The lowest BCUT2D eigenvalue weighted by Gasteiger charge is -2.30. The number of fused-ring (bicyclic) bond motifs is 2. The van der Waals surface area contributed by atoms with E-state index < -0.39 is 0 Å². The van der Waals surface area contributed by atoms with Gasteiger partial charge in [-0.15, -0.1) is 0 Å². The molecule has 1 unspecified atom stereocenters. The van der Waals surface area contributed by atoms with Crippen LogP contribution in [0.5, 0.6) is 0 Å². The highest BCUT2D eigenvalue weighted by Gasteiger charge is 2.32. The number of rotatable bonds is 2. The van der Waals surface area contributed by atoms with Gasteiger partial charge in [0.25, 0.3) is 0 Å². The van der Waals surface area contributed by atoms with Crippen LogP contribution in [0.3, 0.4) is 0 Å². The average Bonchev–Trinajstić information content (AvgIpc) is 3.15. The number of carbonyl (C=O) groups is 1. The molecule has 4 rings (SSSR count). The van der Waals surface area contributed by atoms with Crippen LogP contribution in [-0.4, -0.2) is 41.2 Å². The smallest absolute Gasteiger partial charge is 0.325 e. The number of piperidine rings is 1. The van der Waals surface area contributed by atoms with Crippen molar-refractivity contribution in [3.63, 3.8) is 0 Å². The second-order valence-electron chi connectivity index (χ2n) is 6.97. The average molecular weight is 309 g/mol. The van der Waals surface area contributed by atoms with Gasteiger partial charge in [-0.3, -0.25) is 4.57 Å². The van der Waals surface area contributed by atoms with Crippen molar-refractivity contribution in [3.8, 4) is 11.1 Å². The second kappa shape index (κ2) is 5.85. The van der Waals surface area contributed by atoms with Gasteiger partial charge in [0.15, 0.2) is 0 Å². The molecule has 1 N–H and O–H groups in total. The molecule has 2 bridgehead atoms. The first-order valence-corrected chi connectivity index (χ1v) is 8.45. The third-order valence-electron chi connectivity index (χ3n) is 5.11. The number of aryl methyl sites for hydroxylation is 1. The lowest BCUT2D eigenvalue weighted by molar-refractivity contribution is 0.206. The molecule has 2 aliphatic heterocycles. The zero-order chi connectivity index (χ0) is 15.8. The highest BCUT2D eigenvalue weighted by atomic mass is 16.2.